The van der Waals surface area contributed by atoms with Crippen LogP contribution in [0.15, 0.2) is 42.9 Å². The summed E-state index contributed by atoms with van der Waals surface area (Å²) in [5.41, 5.74) is 2.03. The second-order valence-electron chi connectivity index (χ2n) is 5.04. The summed E-state index contributed by atoms with van der Waals surface area (Å²) in [6.07, 6.45) is 3.36. The van der Waals surface area contributed by atoms with Crippen LogP contribution in [0.5, 0.6) is 0 Å². The molecule has 2 heterocycles. The van der Waals surface area contributed by atoms with Crippen LogP contribution in [0.4, 0.5) is 5.82 Å². The zero-order chi connectivity index (χ0) is 13.9. The van der Waals surface area contributed by atoms with E-state index in [1.165, 1.54) is 5.56 Å². The molecule has 0 saturated heterocycles. The van der Waals surface area contributed by atoms with Gasteiger partial charge in [-0.25, -0.2) is 9.97 Å². The molecule has 0 atom stereocenters. The third kappa shape index (κ3) is 2.34. The Bertz CT molecular complexity index is 690. The average Bonchev–Trinajstić information content (AvgIpc) is 2.94. The van der Waals surface area contributed by atoms with Gasteiger partial charge in [-0.1, -0.05) is 30.3 Å². The number of hydrogen-bond donors (Lipinski definition) is 1. The number of anilines is 1. The summed E-state index contributed by atoms with van der Waals surface area (Å²) in [7, 11) is 0. The van der Waals surface area contributed by atoms with Crippen LogP contribution < -0.4 is 4.90 Å². The topological polar surface area (TPSA) is 57.7 Å². The van der Waals surface area contributed by atoms with Crippen LogP contribution in [0.25, 0.3) is 11.0 Å². The number of H-pyrrole nitrogens is 1. The molecule has 20 heavy (non-hydrogen) atoms. The lowest BCUT2D eigenvalue weighted by molar-refractivity contribution is 0.675. The molecule has 0 spiro atoms. The van der Waals surface area contributed by atoms with Crippen molar-refractivity contribution < 1.29 is 0 Å². The van der Waals surface area contributed by atoms with Crippen LogP contribution in [0.2, 0.25) is 0 Å². The highest BCUT2D eigenvalue weighted by Crippen LogP contribution is 2.24. The van der Waals surface area contributed by atoms with Crippen molar-refractivity contribution in [2.75, 3.05) is 4.90 Å². The minimum Gasteiger partial charge on any atom is -0.349 e. The summed E-state index contributed by atoms with van der Waals surface area (Å²) in [5, 5.41) is 7.90. The van der Waals surface area contributed by atoms with Crippen LogP contribution >= 0.6 is 0 Å². The Balaban J connectivity index is 2.00. The summed E-state index contributed by atoms with van der Waals surface area (Å²) in [4.78, 5) is 10.9. The van der Waals surface area contributed by atoms with Crippen molar-refractivity contribution in [2.45, 2.75) is 26.4 Å². The fourth-order valence-electron chi connectivity index (χ4n) is 2.26. The summed E-state index contributed by atoms with van der Waals surface area (Å²) < 4.78 is 0. The van der Waals surface area contributed by atoms with E-state index < -0.39 is 0 Å². The van der Waals surface area contributed by atoms with E-state index in [9.17, 15) is 0 Å². The lowest BCUT2D eigenvalue weighted by Gasteiger charge is -2.28. The minimum absolute atomic E-state index is 0.336. The van der Waals surface area contributed by atoms with Gasteiger partial charge in [0.05, 0.1) is 11.6 Å². The van der Waals surface area contributed by atoms with E-state index >= 15 is 0 Å². The zero-order valence-electron chi connectivity index (χ0n) is 11.6. The first kappa shape index (κ1) is 12.6. The minimum atomic E-state index is 0.336. The predicted octanol–water partition coefficient (Wildman–Crippen LogP) is 2.77. The summed E-state index contributed by atoms with van der Waals surface area (Å²) in [5.74, 6) is 0.919. The van der Waals surface area contributed by atoms with E-state index in [1.54, 1.807) is 12.5 Å². The fourth-order valence-corrected chi connectivity index (χ4v) is 2.26. The molecule has 0 aliphatic heterocycles. The van der Waals surface area contributed by atoms with Gasteiger partial charge in [0.2, 0.25) is 0 Å². The molecule has 0 saturated carbocycles. The number of benzene rings is 1. The standard InChI is InChI=1S/C15H17N5/c1-11(2)20(9-12-6-4-3-5-7-12)15-13-8-18-19-14(13)16-10-17-15/h3-8,10-11H,9H2,1-2H3,(H,16,17,18,19). The zero-order valence-corrected chi connectivity index (χ0v) is 11.6. The highest BCUT2D eigenvalue weighted by Gasteiger charge is 2.16. The Kier molecular flexibility index (Phi) is 3.33. The average molecular weight is 267 g/mol. The molecule has 0 radical (unpaired) electrons. The van der Waals surface area contributed by atoms with Crippen molar-refractivity contribution in [3.63, 3.8) is 0 Å². The number of hydrogen-bond acceptors (Lipinski definition) is 4. The normalized spacial score (nSPS) is 11.2. The van der Waals surface area contributed by atoms with Crippen molar-refractivity contribution in [1.82, 2.24) is 20.2 Å². The summed E-state index contributed by atoms with van der Waals surface area (Å²) >= 11 is 0. The van der Waals surface area contributed by atoms with Crippen LogP contribution in [-0.4, -0.2) is 26.2 Å². The van der Waals surface area contributed by atoms with Gasteiger partial charge in [0.1, 0.15) is 12.1 Å². The van der Waals surface area contributed by atoms with Gasteiger partial charge < -0.3 is 4.90 Å². The molecule has 102 valence electrons. The molecule has 0 unspecified atom stereocenters. The van der Waals surface area contributed by atoms with Gasteiger partial charge >= 0.3 is 0 Å². The Hall–Kier alpha value is -2.43. The molecular formula is C15H17N5. The van der Waals surface area contributed by atoms with Crippen molar-refractivity contribution >= 4 is 16.9 Å². The number of aromatic amines is 1. The third-order valence-corrected chi connectivity index (χ3v) is 3.32. The van der Waals surface area contributed by atoms with E-state index in [4.69, 9.17) is 0 Å². The van der Waals surface area contributed by atoms with E-state index in [2.05, 4.69) is 63.2 Å². The summed E-state index contributed by atoms with van der Waals surface area (Å²) in [6, 6.07) is 10.7. The van der Waals surface area contributed by atoms with E-state index in [-0.39, 0.29) is 0 Å². The second kappa shape index (κ2) is 5.28. The maximum Gasteiger partial charge on any atom is 0.160 e. The van der Waals surface area contributed by atoms with Gasteiger partial charge in [0.15, 0.2) is 5.65 Å². The van der Waals surface area contributed by atoms with E-state index in [0.717, 1.165) is 23.4 Å². The van der Waals surface area contributed by atoms with Crippen LogP contribution in [0.1, 0.15) is 19.4 Å². The maximum atomic E-state index is 4.45. The van der Waals surface area contributed by atoms with E-state index in [1.807, 2.05) is 6.07 Å². The van der Waals surface area contributed by atoms with Crippen molar-refractivity contribution in [3.8, 4) is 0 Å². The third-order valence-electron chi connectivity index (χ3n) is 3.32. The molecule has 3 rings (SSSR count). The number of aromatic nitrogens is 4. The molecule has 0 fully saturated rings. The second-order valence-corrected chi connectivity index (χ2v) is 5.04. The van der Waals surface area contributed by atoms with Gasteiger partial charge in [-0.05, 0) is 19.4 Å². The van der Waals surface area contributed by atoms with Crippen LogP contribution in [-0.2, 0) is 6.54 Å². The Labute approximate surface area is 117 Å². The Morgan fingerprint density at radius 3 is 2.70 bits per heavy atom. The van der Waals surface area contributed by atoms with Crippen molar-refractivity contribution in [3.05, 3.63) is 48.4 Å². The SMILES string of the molecule is CC(C)N(Cc1ccccc1)c1ncnc2[nH]ncc12. The van der Waals surface area contributed by atoms with Crippen LogP contribution in [0.3, 0.4) is 0 Å². The summed E-state index contributed by atoms with van der Waals surface area (Å²) in [6.45, 7) is 5.14. The highest BCUT2D eigenvalue weighted by atomic mass is 15.2. The fraction of sp³-hybridized carbons (Fsp3) is 0.267. The molecule has 1 N–H and O–H groups in total. The lowest BCUT2D eigenvalue weighted by atomic mass is 10.2. The molecule has 5 nitrogen and oxygen atoms in total. The molecule has 2 aromatic heterocycles. The molecule has 0 amide bonds. The van der Waals surface area contributed by atoms with Crippen molar-refractivity contribution in [2.24, 2.45) is 0 Å². The highest BCUT2D eigenvalue weighted by molar-refractivity contribution is 5.86. The molecule has 0 aliphatic rings. The lowest BCUT2D eigenvalue weighted by Crippen LogP contribution is -2.31. The molecular weight excluding hydrogens is 250 g/mol. The van der Waals surface area contributed by atoms with Gasteiger partial charge in [0.25, 0.3) is 0 Å². The van der Waals surface area contributed by atoms with Gasteiger partial charge in [-0.3, -0.25) is 5.10 Å². The number of fused-ring (bicyclic) bond motifs is 1. The molecule has 1 aromatic carbocycles. The smallest absolute Gasteiger partial charge is 0.160 e. The van der Waals surface area contributed by atoms with Gasteiger partial charge in [-0.2, -0.15) is 5.10 Å². The number of nitrogens with zero attached hydrogens (tertiary/aromatic N) is 4. The Morgan fingerprint density at radius 1 is 1.15 bits per heavy atom. The van der Waals surface area contributed by atoms with Gasteiger partial charge in [-0.15, -0.1) is 0 Å². The molecule has 5 heteroatoms. The maximum absolute atomic E-state index is 4.45. The number of nitrogens with one attached hydrogen (secondary N) is 1. The largest absolute Gasteiger partial charge is 0.349 e. The first-order chi connectivity index (χ1) is 9.75. The number of rotatable bonds is 4. The van der Waals surface area contributed by atoms with E-state index in [0.29, 0.717) is 6.04 Å². The first-order valence-electron chi connectivity index (χ1n) is 6.70. The monoisotopic (exact) mass is 267 g/mol. The van der Waals surface area contributed by atoms with Crippen molar-refractivity contribution in [1.29, 1.82) is 0 Å². The van der Waals surface area contributed by atoms with Gasteiger partial charge in [0, 0.05) is 12.6 Å². The molecule has 3 aromatic rings. The quantitative estimate of drug-likeness (QED) is 0.789. The predicted molar refractivity (Wildman–Crippen MR) is 79.4 cm³/mol. The Morgan fingerprint density at radius 2 is 1.95 bits per heavy atom. The van der Waals surface area contributed by atoms with Crippen LogP contribution in [0, 0.1) is 0 Å². The molecule has 0 aliphatic carbocycles. The molecule has 0 bridgehead atoms. The first-order valence-corrected chi connectivity index (χ1v) is 6.70.